The van der Waals surface area contributed by atoms with Crippen LogP contribution in [0, 0.1) is 5.92 Å². The monoisotopic (exact) mass is 409 g/mol. The first-order chi connectivity index (χ1) is 13.0. The van der Waals surface area contributed by atoms with Crippen molar-refractivity contribution in [2.24, 2.45) is 5.92 Å². The number of rotatable bonds is 5. The molecule has 0 unspecified atom stereocenters. The number of nitrogen functional groups attached to an aromatic ring is 1. The minimum atomic E-state index is -0.134. The van der Waals surface area contributed by atoms with E-state index in [1.807, 2.05) is 6.92 Å². The molecule has 1 aliphatic rings. The SMILES string of the molecule is CCOC(=O)C1CCN(c2ncnc(Nc3cc(Cl)ccc3Cl)c2N)CC1. The third-order valence-corrected chi connectivity index (χ3v) is 5.02. The topological polar surface area (TPSA) is 93.4 Å². The molecule has 0 radical (unpaired) electrons. The Labute approximate surface area is 167 Å². The van der Waals surface area contributed by atoms with E-state index in [0.29, 0.717) is 65.6 Å². The summed E-state index contributed by atoms with van der Waals surface area (Å²) in [5.41, 5.74) is 7.33. The Hall–Kier alpha value is -2.25. The standard InChI is InChI=1S/C18H21Cl2N5O2/c1-2-27-18(26)11-5-7-25(8-6-11)17-15(21)16(22-10-23-17)24-14-9-12(19)3-4-13(14)20/h3-4,9-11H,2,5-8,21H2,1H3,(H,22,23,24). The number of nitrogens with one attached hydrogen (secondary N) is 1. The van der Waals surface area contributed by atoms with Gasteiger partial charge in [0.1, 0.15) is 12.0 Å². The Morgan fingerprint density at radius 2 is 2.07 bits per heavy atom. The summed E-state index contributed by atoms with van der Waals surface area (Å²) in [6.45, 7) is 3.55. The second kappa shape index (κ2) is 8.63. The fourth-order valence-corrected chi connectivity index (χ4v) is 3.38. The van der Waals surface area contributed by atoms with E-state index >= 15 is 0 Å². The van der Waals surface area contributed by atoms with Crippen molar-refractivity contribution in [3.8, 4) is 0 Å². The molecular weight excluding hydrogens is 389 g/mol. The maximum atomic E-state index is 11.9. The van der Waals surface area contributed by atoms with Gasteiger partial charge in [-0.25, -0.2) is 9.97 Å². The van der Waals surface area contributed by atoms with Crippen LogP contribution in [0.2, 0.25) is 10.0 Å². The number of hydrogen-bond acceptors (Lipinski definition) is 7. The van der Waals surface area contributed by atoms with Crippen LogP contribution < -0.4 is 16.0 Å². The van der Waals surface area contributed by atoms with Gasteiger partial charge in [-0.15, -0.1) is 0 Å². The van der Waals surface area contributed by atoms with Gasteiger partial charge < -0.3 is 20.7 Å². The van der Waals surface area contributed by atoms with E-state index in [1.165, 1.54) is 6.33 Å². The average molecular weight is 410 g/mol. The summed E-state index contributed by atoms with van der Waals surface area (Å²) in [5.74, 6) is 0.877. The molecule has 3 rings (SSSR count). The molecule has 9 heteroatoms. The number of halogens is 2. The lowest BCUT2D eigenvalue weighted by Gasteiger charge is -2.32. The molecule has 1 fully saturated rings. The molecule has 0 atom stereocenters. The minimum absolute atomic E-state index is 0.0767. The van der Waals surface area contributed by atoms with Gasteiger partial charge in [0.05, 0.1) is 23.2 Å². The van der Waals surface area contributed by atoms with Gasteiger partial charge in [0, 0.05) is 18.1 Å². The number of hydrogen-bond donors (Lipinski definition) is 2. The smallest absolute Gasteiger partial charge is 0.309 e. The number of nitrogens with two attached hydrogens (primary N) is 1. The lowest BCUT2D eigenvalue weighted by atomic mass is 9.97. The van der Waals surface area contributed by atoms with Crippen molar-refractivity contribution in [1.29, 1.82) is 0 Å². The Morgan fingerprint density at radius 3 is 2.78 bits per heavy atom. The van der Waals surface area contributed by atoms with E-state index in [2.05, 4.69) is 20.2 Å². The number of aromatic nitrogens is 2. The Kier molecular flexibility index (Phi) is 6.23. The second-order valence-electron chi connectivity index (χ2n) is 6.22. The molecule has 0 saturated carbocycles. The Balaban J connectivity index is 1.74. The molecular formula is C18H21Cl2N5O2. The lowest BCUT2D eigenvalue weighted by Crippen LogP contribution is -2.37. The molecule has 3 N–H and O–H groups in total. The van der Waals surface area contributed by atoms with Crippen molar-refractivity contribution in [2.45, 2.75) is 19.8 Å². The van der Waals surface area contributed by atoms with Crippen molar-refractivity contribution in [3.63, 3.8) is 0 Å². The molecule has 1 aromatic carbocycles. The highest BCUT2D eigenvalue weighted by molar-refractivity contribution is 6.35. The summed E-state index contributed by atoms with van der Waals surface area (Å²) in [5, 5.41) is 4.17. The first kappa shape index (κ1) is 19.5. The summed E-state index contributed by atoms with van der Waals surface area (Å²) >= 11 is 12.2. The number of anilines is 4. The lowest BCUT2D eigenvalue weighted by molar-refractivity contribution is -0.148. The highest BCUT2D eigenvalue weighted by atomic mass is 35.5. The number of carbonyl (C=O) groups is 1. The number of esters is 1. The van der Waals surface area contributed by atoms with Crippen molar-refractivity contribution in [2.75, 3.05) is 35.6 Å². The number of benzene rings is 1. The third-order valence-electron chi connectivity index (χ3n) is 4.46. The molecule has 1 aromatic heterocycles. The summed E-state index contributed by atoms with van der Waals surface area (Å²) in [6, 6.07) is 5.11. The van der Waals surface area contributed by atoms with E-state index in [9.17, 15) is 4.79 Å². The van der Waals surface area contributed by atoms with Gasteiger partial charge in [-0.1, -0.05) is 23.2 Å². The van der Waals surface area contributed by atoms with Crippen LogP contribution in [0.5, 0.6) is 0 Å². The van der Waals surface area contributed by atoms with Gasteiger partial charge in [-0.05, 0) is 38.0 Å². The van der Waals surface area contributed by atoms with Crippen LogP contribution in [0.15, 0.2) is 24.5 Å². The van der Waals surface area contributed by atoms with Crippen molar-refractivity contribution < 1.29 is 9.53 Å². The van der Waals surface area contributed by atoms with Gasteiger partial charge in [0.25, 0.3) is 0 Å². The molecule has 0 aliphatic carbocycles. The van der Waals surface area contributed by atoms with Crippen LogP contribution >= 0.6 is 23.2 Å². The fourth-order valence-electron chi connectivity index (χ4n) is 3.05. The molecule has 0 bridgehead atoms. The van der Waals surface area contributed by atoms with E-state index in [1.54, 1.807) is 18.2 Å². The maximum absolute atomic E-state index is 11.9. The third kappa shape index (κ3) is 4.54. The van der Waals surface area contributed by atoms with Crippen LogP contribution in [0.3, 0.4) is 0 Å². The number of piperidine rings is 1. The summed E-state index contributed by atoms with van der Waals surface area (Å²) in [4.78, 5) is 22.5. The number of ether oxygens (including phenoxy) is 1. The second-order valence-corrected chi connectivity index (χ2v) is 7.07. The largest absolute Gasteiger partial charge is 0.466 e. The van der Waals surface area contributed by atoms with Crippen LogP contribution in [-0.4, -0.2) is 35.6 Å². The van der Waals surface area contributed by atoms with Crippen LogP contribution in [0.1, 0.15) is 19.8 Å². The fraction of sp³-hybridized carbons (Fsp3) is 0.389. The first-order valence-electron chi connectivity index (χ1n) is 8.73. The zero-order valence-corrected chi connectivity index (χ0v) is 16.4. The highest BCUT2D eigenvalue weighted by Gasteiger charge is 2.28. The summed E-state index contributed by atoms with van der Waals surface area (Å²) in [7, 11) is 0. The van der Waals surface area contributed by atoms with E-state index in [4.69, 9.17) is 33.7 Å². The van der Waals surface area contributed by atoms with Gasteiger partial charge >= 0.3 is 5.97 Å². The Bertz CT molecular complexity index is 825. The molecule has 27 heavy (non-hydrogen) atoms. The number of carbonyl (C=O) groups excluding carboxylic acids is 1. The molecule has 2 aromatic rings. The Morgan fingerprint density at radius 1 is 1.33 bits per heavy atom. The molecule has 2 heterocycles. The van der Waals surface area contributed by atoms with Crippen LogP contribution in [-0.2, 0) is 9.53 Å². The van der Waals surface area contributed by atoms with E-state index < -0.39 is 0 Å². The van der Waals surface area contributed by atoms with Crippen LogP contribution in [0.4, 0.5) is 23.0 Å². The van der Waals surface area contributed by atoms with Crippen molar-refractivity contribution in [1.82, 2.24) is 9.97 Å². The van der Waals surface area contributed by atoms with Crippen LogP contribution in [0.25, 0.3) is 0 Å². The predicted octanol–water partition coefficient (Wildman–Crippen LogP) is 3.89. The van der Waals surface area contributed by atoms with Gasteiger partial charge in [-0.3, -0.25) is 4.79 Å². The molecule has 144 valence electrons. The van der Waals surface area contributed by atoms with Gasteiger partial charge in [-0.2, -0.15) is 0 Å². The van der Waals surface area contributed by atoms with Gasteiger partial charge in [0.2, 0.25) is 0 Å². The minimum Gasteiger partial charge on any atom is -0.466 e. The van der Waals surface area contributed by atoms with E-state index in [0.717, 1.165) is 0 Å². The zero-order valence-electron chi connectivity index (χ0n) is 14.9. The molecule has 1 aliphatic heterocycles. The van der Waals surface area contributed by atoms with Crippen molar-refractivity contribution in [3.05, 3.63) is 34.6 Å². The first-order valence-corrected chi connectivity index (χ1v) is 9.49. The summed E-state index contributed by atoms with van der Waals surface area (Å²) < 4.78 is 5.11. The van der Waals surface area contributed by atoms with Gasteiger partial charge in [0.15, 0.2) is 11.6 Å². The predicted molar refractivity (Wildman–Crippen MR) is 108 cm³/mol. The molecule has 1 saturated heterocycles. The molecule has 7 nitrogen and oxygen atoms in total. The highest BCUT2D eigenvalue weighted by Crippen LogP contribution is 2.34. The normalized spacial score (nSPS) is 14.9. The quantitative estimate of drug-likeness (QED) is 0.723. The zero-order chi connectivity index (χ0) is 19.4. The molecule has 0 amide bonds. The average Bonchev–Trinajstić information content (AvgIpc) is 2.67. The maximum Gasteiger partial charge on any atom is 0.309 e. The van der Waals surface area contributed by atoms with Crippen molar-refractivity contribution >= 4 is 52.2 Å². The molecule has 0 spiro atoms. The van der Waals surface area contributed by atoms with E-state index in [-0.39, 0.29) is 11.9 Å². The number of nitrogens with zero attached hydrogens (tertiary/aromatic N) is 3. The summed E-state index contributed by atoms with van der Waals surface area (Å²) in [6.07, 6.45) is 2.85.